The van der Waals surface area contributed by atoms with Crippen molar-refractivity contribution in [1.29, 1.82) is 0 Å². The number of likely N-dealkylation sites (N-methyl/N-ethyl adjacent to an activating group) is 1. The Bertz CT molecular complexity index is 710. The number of hydrogen-bond donors (Lipinski definition) is 1. The molecule has 0 saturated heterocycles. The zero-order valence-electron chi connectivity index (χ0n) is 14.6. The fourth-order valence-corrected chi connectivity index (χ4v) is 2.51. The molecule has 0 radical (unpaired) electrons. The average Bonchev–Trinajstić information content (AvgIpc) is 2.65. The van der Waals surface area contributed by atoms with E-state index in [0.29, 0.717) is 28.8 Å². The first-order valence-electron chi connectivity index (χ1n) is 7.83. The van der Waals surface area contributed by atoms with Crippen molar-refractivity contribution >= 4 is 23.2 Å². The van der Waals surface area contributed by atoms with Crippen LogP contribution in [-0.4, -0.2) is 50.1 Å². The zero-order valence-corrected chi connectivity index (χ0v) is 15.3. The number of carbonyl (C=O) groups is 1. The summed E-state index contributed by atoms with van der Waals surface area (Å²) in [6.45, 7) is 0.777. The van der Waals surface area contributed by atoms with Crippen LogP contribution in [0.15, 0.2) is 36.7 Å². The fraction of sp³-hybridized carbons (Fsp3) is 0.333. The van der Waals surface area contributed by atoms with Gasteiger partial charge in [0.05, 0.1) is 31.5 Å². The van der Waals surface area contributed by atoms with Gasteiger partial charge in [-0.3, -0.25) is 9.78 Å². The largest absolute Gasteiger partial charge is 0.495 e. The summed E-state index contributed by atoms with van der Waals surface area (Å²) in [5, 5.41) is 3.53. The van der Waals surface area contributed by atoms with E-state index in [9.17, 15) is 4.79 Å². The number of carbonyl (C=O) groups excluding carboxylic acids is 1. The van der Waals surface area contributed by atoms with Crippen molar-refractivity contribution in [3.05, 3.63) is 47.2 Å². The van der Waals surface area contributed by atoms with Gasteiger partial charge < -0.3 is 19.7 Å². The lowest BCUT2D eigenvalue weighted by Gasteiger charge is -2.19. The molecule has 0 aliphatic heterocycles. The first kappa shape index (κ1) is 18.9. The molecule has 0 spiro atoms. The summed E-state index contributed by atoms with van der Waals surface area (Å²) in [6.07, 6.45) is 4.28. The predicted molar refractivity (Wildman–Crippen MR) is 98.6 cm³/mol. The number of aromatic nitrogens is 1. The van der Waals surface area contributed by atoms with Gasteiger partial charge in [-0.25, -0.2) is 0 Å². The average molecular weight is 364 g/mol. The van der Waals surface area contributed by atoms with E-state index < -0.39 is 0 Å². The molecule has 1 aromatic carbocycles. The Morgan fingerprint density at radius 3 is 2.52 bits per heavy atom. The molecule has 0 atom stereocenters. The Kier molecular flexibility index (Phi) is 6.89. The minimum absolute atomic E-state index is 0.0231. The van der Waals surface area contributed by atoms with Gasteiger partial charge in [-0.1, -0.05) is 11.6 Å². The maximum absolute atomic E-state index is 12.3. The maximum atomic E-state index is 12.3. The second-order valence-corrected chi connectivity index (χ2v) is 5.87. The monoisotopic (exact) mass is 363 g/mol. The van der Waals surface area contributed by atoms with E-state index in [0.717, 1.165) is 12.0 Å². The van der Waals surface area contributed by atoms with E-state index in [1.165, 1.54) is 7.11 Å². The summed E-state index contributed by atoms with van der Waals surface area (Å²) in [5.41, 5.74) is 1.80. The number of halogens is 1. The highest BCUT2D eigenvalue weighted by molar-refractivity contribution is 6.32. The Morgan fingerprint density at radius 2 is 1.88 bits per heavy atom. The van der Waals surface area contributed by atoms with Gasteiger partial charge in [0, 0.05) is 38.1 Å². The summed E-state index contributed by atoms with van der Waals surface area (Å²) in [6, 6.07) is 7.26. The maximum Gasteiger partial charge on any atom is 0.241 e. The second-order valence-electron chi connectivity index (χ2n) is 5.46. The highest BCUT2D eigenvalue weighted by Gasteiger charge is 2.13. The number of nitrogens with one attached hydrogen (secondary N) is 1. The van der Waals surface area contributed by atoms with Gasteiger partial charge in [0.25, 0.3) is 0 Å². The summed E-state index contributed by atoms with van der Waals surface area (Å²) in [4.78, 5) is 18.0. The number of benzene rings is 1. The van der Waals surface area contributed by atoms with Crippen molar-refractivity contribution in [1.82, 2.24) is 9.88 Å². The van der Waals surface area contributed by atoms with Gasteiger partial charge in [-0.2, -0.15) is 0 Å². The zero-order chi connectivity index (χ0) is 18.2. The van der Waals surface area contributed by atoms with E-state index in [2.05, 4.69) is 10.3 Å². The van der Waals surface area contributed by atoms with Gasteiger partial charge in [0.2, 0.25) is 5.91 Å². The van der Waals surface area contributed by atoms with Crippen molar-refractivity contribution in [3.63, 3.8) is 0 Å². The molecule has 0 fully saturated rings. The molecule has 0 unspecified atom stereocenters. The van der Waals surface area contributed by atoms with Crippen LogP contribution in [-0.2, 0) is 11.2 Å². The third kappa shape index (κ3) is 5.26. The lowest BCUT2D eigenvalue weighted by molar-refractivity contribution is -0.127. The molecule has 7 heteroatoms. The number of rotatable bonds is 8. The molecule has 0 aliphatic rings. The lowest BCUT2D eigenvalue weighted by atomic mass is 10.2. The van der Waals surface area contributed by atoms with Crippen LogP contribution in [0.25, 0.3) is 0 Å². The number of methoxy groups -OCH3 is 2. The highest BCUT2D eigenvalue weighted by atomic mass is 35.5. The Balaban J connectivity index is 1.92. The van der Waals surface area contributed by atoms with Crippen LogP contribution < -0.4 is 14.8 Å². The Morgan fingerprint density at radius 1 is 1.20 bits per heavy atom. The molecule has 6 nitrogen and oxygen atoms in total. The van der Waals surface area contributed by atoms with Crippen molar-refractivity contribution in [2.45, 2.75) is 6.42 Å². The molecule has 2 rings (SSSR count). The third-order valence-corrected chi connectivity index (χ3v) is 4.11. The summed E-state index contributed by atoms with van der Waals surface area (Å²) >= 11 is 6.08. The molecule has 1 aromatic heterocycles. The molecular weight excluding hydrogens is 342 g/mol. The SMILES string of the molecule is COc1cc(NCC(=O)N(C)CCc2ccncc2)c(OC)cc1Cl. The predicted octanol–water partition coefficient (Wildman–Crippen LogP) is 2.87. The van der Waals surface area contributed by atoms with Crippen molar-refractivity contribution < 1.29 is 14.3 Å². The normalized spacial score (nSPS) is 10.2. The minimum atomic E-state index is -0.0231. The number of ether oxygens (including phenoxy) is 2. The van der Waals surface area contributed by atoms with Crippen molar-refractivity contribution in [3.8, 4) is 11.5 Å². The van der Waals surface area contributed by atoms with Crippen LogP contribution in [0.5, 0.6) is 11.5 Å². The lowest BCUT2D eigenvalue weighted by Crippen LogP contribution is -2.33. The van der Waals surface area contributed by atoms with E-state index in [1.54, 1.807) is 43.6 Å². The number of amides is 1. The molecule has 0 bridgehead atoms. The molecule has 2 aromatic rings. The Hall–Kier alpha value is -2.47. The number of hydrogen-bond acceptors (Lipinski definition) is 5. The van der Waals surface area contributed by atoms with Crippen LogP contribution in [0.1, 0.15) is 5.56 Å². The fourth-order valence-electron chi connectivity index (χ4n) is 2.28. The van der Waals surface area contributed by atoms with Crippen LogP contribution in [0, 0.1) is 0 Å². The number of pyridine rings is 1. The minimum Gasteiger partial charge on any atom is -0.495 e. The first-order chi connectivity index (χ1) is 12.0. The van der Waals surface area contributed by atoms with E-state index in [-0.39, 0.29) is 12.5 Å². The van der Waals surface area contributed by atoms with Gasteiger partial charge in [-0.05, 0) is 24.1 Å². The van der Waals surface area contributed by atoms with Gasteiger partial charge >= 0.3 is 0 Å². The molecule has 1 N–H and O–H groups in total. The quantitative estimate of drug-likeness (QED) is 0.781. The van der Waals surface area contributed by atoms with Crippen molar-refractivity contribution in [2.75, 3.05) is 39.7 Å². The van der Waals surface area contributed by atoms with Gasteiger partial charge in [-0.15, -0.1) is 0 Å². The van der Waals surface area contributed by atoms with Gasteiger partial charge in [0.1, 0.15) is 11.5 Å². The van der Waals surface area contributed by atoms with E-state index in [4.69, 9.17) is 21.1 Å². The standard InChI is InChI=1S/C18H22ClN3O3/c1-22(9-6-13-4-7-20-8-5-13)18(23)12-21-15-11-16(24-2)14(19)10-17(15)25-3/h4-5,7-8,10-11,21H,6,9,12H2,1-3H3. The van der Waals surface area contributed by atoms with Crippen LogP contribution in [0.2, 0.25) is 5.02 Å². The Labute approximate surface area is 152 Å². The molecule has 0 aliphatic carbocycles. The summed E-state index contributed by atoms with van der Waals surface area (Å²) in [7, 11) is 4.87. The number of anilines is 1. The van der Waals surface area contributed by atoms with Crippen LogP contribution in [0.4, 0.5) is 5.69 Å². The topological polar surface area (TPSA) is 63.7 Å². The molecular formula is C18H22ClN3O3. The summed E-state index contributed by atoms with van der Waals surface area (Å²) < 4.78 is 10.5. The first-order valence-corrected chi connectivity index (χ1v) is 8.21. The molecule has 25 heavy (non-hydrogen) atoms. The third-order valence-electron chi connectivity index (χ3n) is 3.81. The molecule has 1 heterocycles. The van der Waals surface area contributed by atoms with Crippen LogP contribution >= 0.6 is 11.6 Å². The molecule has 134 valence electrons. The summed E-state index contributed by atoms with van der Waals surface area (Å²) in [5.74, 6) is 1.05. The van der Waals surface area contributed by atoms with E-state index >= 15 is 0 Å². The second kappa shape index (κ2) is 9.13. The van der Waals surface area contributed by atoms with E-state index in [1.807, 2.05) is 12.1 Å². The molecule has 0 saturated carbocycles. The van der Waals surface area contributed by atoms with Crippen molar-refractivity contribution in [2.24, 2.45) is 0 Å². The smallest absolute Gasteiger partial charge is 0.241 e. The highest BCUT2D eigenvalue weighted by Crippen LogP contribution is 2.35. The van der Waals surface area contributed by atoms with Gasteiger partial charge in [0.15, 0.2) is 0 Å². The van der Waals surface area contributed by atoms with Crippen LogP contribution in [0.3, 0.4) is 0 Å². The number of nitrogens with zero attached hydrogens (tertiary/aromatic N) is 2. The molecule has 1 amide bonds.